The van der Waals surface area contributed by atoms with Crippen molar-refractivity contribution < 1.29 is 19.5 Å². The second kappa shape index (κ2) is 7.53. The molecule has 3 rings (SSSR count). The van der Waals surface area contributed by atoms with Gasteiger partial charge in [0.25, 0.3) is 0 Å². The Morgan fingerprint density at radius 3 is 2.62 bits per heavy atom. The Bertz CT molecular complexity index is 1020. The minimum atomic E-state index is -1.18. The third-order valence-corrected chi connectivity index (χ3v) is 4.90. The Labute approximate surface area is 157 Å². The minimum Gasteiger partial charge on any atom is -0.476 e. The number of aldehydes is 1. The van der Waals surface area contributed by atoms with Crippen LogP contribution in [0.25, 0.3) is 10.9 Å². The van der Waals surface area contributed by atoms with E-state index in [2.05, 4.69) is 25.9 Å². The van der Waals surface area contributed by atoms with Crippen LogP contribution in [0.3, 0.4) is 0 Å². The summed E-state index contributed by atoms with van der Waals surface area (Å²) in [4.78, 5) is 27.7. The number of halogens is 1. The lowest BCUT2D eigenvalue weighted by Crippen LogP contribution is -2.18. The molecule has 7 heteroatoms. The molecule has 0 unspecified atom stereocenters. The minimum absolute atomic E-state index is 0.175. The van der Waals surface area contributed by atoms with Crippen LogP contribution in [0.2, 0.25) is 0 Å². The molecule has 26 heavy (non-hydrogen) atoms. The maximum Gasteiger partial charge on any atom is 0.358 e. The van der Waals surface area contributed by atoms with Gasteiger partial charge in [0, 0.05) is 23.0 Å². The third-order valence-electron chi connectivity index (χ3n) is 4.05. The number of carboxylic acid groups (broad SMARTS) is 1. The summed E-state index contributed by atoms with van der Waals surface area (Å²) in [6.45, 7) is 0.362. The van der Waals surface area contributed by atoms with Crippen molar-refractivity contribution in [2.45, 2.75) is 6.54 Å². The van der Waals surface area contributed by atoms with E-state index < -0.39 is 5.97 Å². The first-order valence-corrected chi connectivity index (χ1v) is 8.52. The number of aromatic nitrogens is 1. The summed E-state index contributed by atoms with van der Waals surface area (Å²) in [5, 5.41) is 13.9. The zero-order valence-corrected chi connectivity index (χ0v) is 15.4. The molecular formula is C19H15BrN2O4. The largest absolute Gasteiger partial charge is 0.476 e. The Balaban J connectivity index is 2.16. The van der Waals surface area contributed by atoms with Crippen molar-refractivity contribution in [1.29, 1.82) is 0 Å². The maximum atomic E-state index is 11.6. The van der Waals surface area contributed by atoms with Crippen LogP contribution in [-0.2, 0) is 16.2 Å². The van der Waals surface area contributed by atoms with Gasteiger partial charge in [-0.15, -0.1) is 0 Å². The average molecular weight is 415 g/mol. The number of oxime groups is 1. The fourth-order valence-electron chi connectivity index (χ4n) is 2.92. The van der Waals surface area contributed by atoms with Crippen molar-refractivity contribution in [1.82, 2.24) is 4.57 Å². The summed E-state index contributed by atoms with van der Waals surface area (Å²) in [5.74, 6) is -1.18. The second-order valence-electron chi connectivity index (χ2n) is 5.51. The van der Waals surface area contributed by atoms with Gasteiger partial charge < -0.3 is 14.5 Å². The van der Waals surface area contributed by atoms with Gasteiger partial charge in [-0.25, -0.2) is 4.79 Å². The van der Waals surface area contributed by atoms with Crippen LogP contribution in [0.15, 0.2) is 58.3 Å². The fourth-order valence-corrected chi connectivity index (χ4v) is 3.54. The number of para-hydroxylation sites is 1. The topological polar surface area (TPSA) is 80.9 Å². The molecule has 0 atom stereocenters. The predicted octanol–water partition coefficient (Wildman–Crippen LogP) is 3.70. The molecule has 0 aliphatic heterocycles. The van der Waals surface area contributed by atoms with Crippen LogP contribution in [0, 0.1) is 0 Å². The highest BCUT2D eigenvalue weighted by Crippen LogP contribution is 2.30. The van der Waals surface area contributed by atoms with E-state index in [1.54, 1.807) is 12.1 Å². The molecule has 1 N–H and O–H groups in total. The number of nitrogens with zero attached hydrogens (tertiary/aromatic N) is 2. The number of rotatable bonds is 6. The predicted molar refractivity (Wildman–Crippen MR) is 102 cm³/mol. The van der Waals surface area contributed by atoms with Gasteiger partial charge in [0.2, 0.25) is 0 Å². The van der Waals surface area contributed by atoms with E-state index in [0.29, 0.717) is 22.3 Å². The molecule has 0 aliphatic rings. The second-order valence-corrected chi connectivity index (χ2v) is 6.26. The highest BCUT2D eigenvalue weighted by molar-refractivity contribution is 9.10. The Morgan fingerprint density at radius 1 is 1.23 bits per heavy atom. The molecule has 0 radical (unpaired) electrons. The lowest BCUT2D eigenvalue weighted by atomic mass is 10.0. The van der Waals surface area contributed by atoms with Crippen LogP contribution in [0.4, 0.5) is 0 Å². The van der Waals surface area contributed by atoms with E-state index in [4.69, 9.17) is 0 Å². The van der Waals surface area contributed by atoms with E-state index in [0.717, 1.165) is 22.8 Å². The summed E-state index contributed by atoms with van der Waals surface area (Å²) < 4.78 is 2.56. The highest BCUT2D eigenvalue weighted by atomic mass is 79.9. The van der Waals surface area contributed by atoms with Crippen LogP contribution < -0.4 is 0 Å². The van der Waals surface area contributed by atoms with Gasteiger partial charge in [-0.3, -0.25) is 4.79 Å². The first kappa shape index (κ1) is 17.9. The molecule has 132 valence electrons. The summed E-state index contributed by atoms with van der Waals surface area (Å²) in [5.41, 5.74) is 2.45. The number of fused-ring (bicyclic) bond motifs is 1. The Hall–Kier alpha value is -2.93. The van der Waals surface area contributed by atoms with Gasteiger partial charge >= 0.3 is 5.97 Å². The fraction of sp³-hybridized carbons (Fsp3) is 0.105. The van der Waals surface area contributed by atoms with Crippen LogP contribution in [-0.4, -0.2) is 34.8 Å². The van der Waals surface area contributed by atoms with Crippen LogP contribution in [0.5, 0.6) is 0 Å². The number of carbonyl (C=O) groups excluding carboxylic acids is 1. The normalized spacial score (nSPS) is 11.5. The molecule has 0 amide bonds. The van der Waals surface area contributed by atoms with Gasteiger partial charge in [0.15, 0.2) is 12.0 Å². The van der Waals surface area contributed by atoms with Crippen molar-refractivity contribution >= 4 is 44.8 Å². The number of benzene rings is 2. The molecule has 1 heterocycles. The van der Waals surface area contributed by atoms with E-state index in [9.17, 15) is 14.7 Å². The number of hydrogen-bond acceptors (Lipinski definition) is 4. The molecule has 0 aliphatic carbocycles. The third kappa shape index (κ3) is 3.13. The number of aliphatic carboxylic acids is 1. The van der Waals surface area contributed by atoms with E-state index >= 15 is 0 Å². The summed E-state index contributed by atoms with van der Waals surface area (Å²) in [7, 11) is 1.30. The van der Waals surface area contributed by atoms with Gasteiger partial charge in [-0.05, 0) is 27.6 Å². The lowest BCUT2D eigenvalue weighted by molar-refractivity contribution is -0.129. The number of hydrogen-bond donors (Lipinski definition) is 1. The van der Waals surface area contributed by atoms with Gasteiger partial charge in [-0.2, -0.15) is 0 Å². The lowest BCUT2D eigenvalue weighted by Gasteiger charge is -2.12. The quantitative estimate of drug-likeness (QED) is 0.378. The smallest absolute Gasteiger partial charge is 0.358 e. The molecular weight excluding hydrogens is 400 g/mol. The van der Waals surface area contributed by atoms with Gasteiger partial charge in [0.1, 0.15) is 7.11 Å². The van der Waals surface area contributed by atoms with E-state index in [1.807, 2.05) is 41.0 Å². The first-order valence-electron chi connectivity index (χ1n) is 7.73. The van der Waals surface area contributed by atoms with Gasteiger partial charge in [0.05, 0.1) is 10.2 Å². The molecule has 0 spiro atoms. The monoisotopic (exact) mass is 414 g/mol. The SMILES string of the molecule is CON=C(C(=O)O)c1ccccc1Cn1c(Br)c(C=O)c2ccccc21. The number of carboxylic acids is 1. The molecule has 1 aromatic heterocycles. The standard InChI is InChI=1S/C19H15BrN2O4/c1-26-21-17(19(24)25)13-7-3-2-6-12(13)10-22-16-9-5-4-8-14(16)15(11-23)18(22)20/h2-9,11H,10H2,1H3,(H,24,25). The van der Waals surface area contributed by atoms with Crippen molar-refractivity contribution in [3.05, 3.63) is 69.8 Å². The molecule has 0 bridgehead atoms. The van der Waals surface area contributed by atoms with E-state index in [-0.39, 0.29) is 5.71 Å². The zero-order chi connectivity index (χ0) is 18.7. The molecule has 2 aromatic carbocycles. The maximum absolute atomic E-state index is 11.6. The van der Waals surface area contributed by atoms with Crippen molar-refractivity contribution in [3.8, 4) is 0 Å². The summed E-state index contributed by atoms with van der Waals surface area (Å²) >= 11 is 3.49. The number of carbonyl (C=O) groups is 2. The van der Waals surface area contributed by atoms with E-state index in [1.165, 1.54) is 7.11 Å². The molecule has 3 aromatic rings. The van der Waals surface area contributed by atoms with Gasteiger partial charge in [-0.1, -0.05) is 47.6 Å². The summed E-state index contributed by atoms with van der Waals surface area (Å²) in [6.07, 6.45) is 0.809. The summed E-state index contributed by atoms with van der Waals surface area (Å²) in [6, 6.07) is 14.6. The first-order chi connectivity index (χ1) is 12.6. The van der Waals surface area contributed by atoms with Crippen LogP contribution >= 0.6 is 15.9 Å². The zero-order valence-electron chi connectivity index (χ0n) is 13.8. The van der Waals surface area contributed by atoms with Crippen molar-refractivity contribution in [3.63, 3.8) is 0 Å². The van der Waals surface area contributed by atoms with Crippen molar-refractivity contribution in [2.24, 2.45) is 5.16 Å². The van der Waals surface area contributed by atoms with Crippen molar-refractivity contribution in [2.75, 3.05) is 7.11 Å². The molecule has 6 nitrogen and oxygen atoms in total. The molecule has 0 fully saturated rings. The Morgan fingerprint density at radius 2 is 1.92 bits per heavy atom. The average Bonchev–Trinajstić information content (AvgIpc) is 2.91. The Kier molecular flexibility index (Phi) is 5.18. The highest BCUT2D eigenvalue weighted by Gasteiger charge is 2.20. The molecule has 0 saturated carbocycles. The molecule has 0 saturated heterocycles. The van der Waals surface area contributed by atoms with Crippen LogP contribution in [0.1, 0.15) is 21.5 Å².